The van der Waals surface area contributed by atoms with Crippen molar-refractivity contribution in [2.24, 2.45) is 0 Å². The average Bonchev–Trinajstić information content (AvgIpc) is 3.03. The largest absolute Gasteiger partial charge is 0.481 e. The Hall–Kier alpha value is -1.73. The summed E-state index contributed by atoms with van der Waals surface area (Å²) in [5.41, 5.74) is 0. The number of allylic oxidation sites excluding steroid dienone is 4. The minimum atomic E-state index is -0.849. The van der Waals surface area contributed by atoms with Crippen molar-refractivity contribution in [1.29, 1.82) is 0 Å². The summed E-state index contributed by atoms with van der Waals surface area (Å²) in [6.45, 7) is 2.08. The lowest BCUT2D eigenvalue weighted by Gasteiger charge is -2.16. The zero-order valence-corrected chi connectivity index (χ0v) is 16.6. The van der Waals surface area contributed by atoms with Crippen LogP contribution < -0.4 is 0 Å². The molecule has 1 aliphatic heterocycles. The molecule has 1 aliphatic rings. The van der Waals surface area contributed by atoms with E-state index in [9.17, 15) is 20.1 Å². The zero-order valence-electron chi connectivity index (χ0n) is 16.6. The molecular weight excluding hydrogens is 360 g/mol. The molecule has 6 heteroatoms. The van der Waals surface area contributed by atoms with E-state index in [0.717, 1.165) is 12.8 Å². The molecule has 0 aliphatic carbocycles. The summed E-state index contributed by atoms with van der Waals surface area (Å²) in [4.78, 5) is 10.4. The second kappa shape index (κ2) is 14.3. The van der Waals surface area contributed by atoms with Crippen molar-refractivity contribution >= 4 is 5.97 Å². The molecule has 0 aromatic carbocycles. The number of aliphatic hydroxyl groups excluding tert-OH is 3. The van der Waals surface area contributed by atoms with Gasteiger partial charge in [-0.15, -0.1) is 0 Å². The number of ether oxygens (including phenoxy) is 1. The molecule has 1 saturated heterocycles. The Morgan fingerprint density at radius 1 is 1.11 bits per heavy atom. The Kier molecular flexibility index (Phi) is 12.4. The van der Waals surface area contributed by atoms with Gasteiger partial charge in [-0.3, -0.25) is 4.79 Å². The highest BCUT2D eigenvalue weighted by molar-refractivity contribution is 5.66. The first-order chi connectivity index (χ1) is 13.4. The van der Waals surface area contributed by atoms with Crippen LogP contribution in [0.3, 0.4) is 0 Å². The number of carboxylic acids is 1. The van der Waals surface area contributed by atoms with Crippen molar-refractivity contribution < 1.29 is 30.0 Å². The Labute approximate surface area is 167 Å². The third kappa shape index (κ3) is 10.6. The summed E-state index contributed by atoms with van der Waals surface area (Å²) in [6, 6.07) is 0. The predicted molar refractivity (Wildman–Crippen MR) is 109 cm³/mol. The van der Waals surface area contributed by atoms with E-state index in [1.807, 2.05) is 12.2 Å². The topological polar surface area (TPSA) is 107 Å². The monoisotopic (exact) mass is 394 g/mol. The normalized spacial score (nSPS) is 25.5. The molecule has 4 N–H and O–H groups in total. The number of aliphatic carboxylic acids is 1. The molecule has 0 unspecified atom stereocenters. The van der Waals surface area contributed by atoms with Crippen LogP contribution in [0, 0.1) is 0 Å². The summed E-state index contributed by atoms with van der Waals surface area (Å²) in [6.07, 6.45) is 15.1. The van der Waals surface area contributed by atoms with Gasteiger partial charge in [-0.2, -0.15) is 0 Å². The lowest BCUT2D eigenvalue weighted by atomic mass is 10.0. The lowest BCUT2D eigenvalue weighted by molar-refractivity contribution is -0.136. The van der Waals surface area contributed by atoms with Gasteiger partial charge in [0.1, 0.15) is 6.10 Å². The Bertz CT molecular complexity index is 551. The first-order valence-electron chi connectivity index (χ1n) is 9.98. The van der Waals surface area contributed by atoms with Crippen LogP contribution in [0.5, 0.6) is 0 Å². The van der Waals surface area contributed by atoms with Gasteiger partial charge in [-0.05, 0) is 32.1 Å². The number of hydrogen-bond acceptors (Lipinski definition) is 5. The minimum absolute atomic E-state index is 0.0683. The van der Waals surface area contributed by atoms with Gasteiger partial charge in [0.2, 0.25) is 0 Å². The van der Waals surface area contributed by atoms with Gasteiger partial charge in [0, 0.05) is 12.8 Å². The molecule has 0 radical (unpaired) electrons. The smallest absolute Gasteiger partial charge is 0.303 e. The highest BCUT2D eigenvalue weighted by Gasteiger charge is 2.35. The molecule has 0 aromatic heterocycles. The predicted octanol–water partition coefficient (Wildman–Crippen LogP) is 2.90. The van der Waals surface area contributed by atoms with E-state index in [2.05, 4.69) is 19.1 Å². The number of carboxylic acid groups (broad SMARTS) is 1. The SMILES string of the molecule is CC/C=C\C/C=C\C[C@@H](O)[C@H]1C[C@H](O)[C@H](/C=C/[C@@H](O)C/C=C\CCC(=O)O)O1. The second-order valence-corrected chi connectivity index (χ2v) is 6.92. The van der Waals surface area contributed by atoms with Gasteiger partial charge in [0.15, 0.2) is 0 Å². The van der Waals surface area contributed by atoms with Crippen molar-refractivity contribution in [3.63, 3.8) is 0 Å². The highest BCUT2D eigenvalue weighted by Crippen LogP contribution is 2.25. The summed E-state index contributed by atoms with van der Waals surface area (Å²) < 4.78 is 5.72. The molecule has 5 atom stereocenters. The van der Waals surface area contributed by atoms with Gasteiger partial charge in [-0.1, -0.05) is 55.5 Å². The molecule has 0 bridgehead atoms. The Balaban J connectivity index is 2.34. The first-order valence-corrected chi connectivity index (χ1v) is 9.98. The minimum Gasteiger partial charge on any atom is -0.481 e. The number of rotatable bonds is 13. The molecule has 1 rings (SSSR count). The van der Waals surface area contributed by atoms with Crippen molar-refractivity contribution in [3.8, 4) is 0 Å². The lowest BCUT2D eigenvalue weighted by Crippen LogP contribution is -2.25. The van der Waals surface area contributed by atoms with E-state index >= 15 is 0 Å². The molecule has 0 amide bonds. The van der Waals surface area contributed by atoms with E-state index in [0.29, 0.717) is 25.7 Å². The number of carbonyl (C=O) groups is 1. The molecule has 1 fully saturated rings. The maximum atomic E-state index is 10.4. The molecule has 28 heavy (non-hydrogen) atoms. The fraction of sp³-hybridized carbons (Fsp3) is 0.591. The third-order valence-electron chi connectivity index (χ3n) is 4.42. The van der Waals surface area contributed by atoms with Gasteiger partial charge in [0.05, 0.1) is 24.4 Å². The fourth-order valence-corrected chi connectivity index (χ4v) is 2.84. The van der Waals surface area contributed by atoms with Crippen LogP contribution in [-0.2, 0) is 9.53 Å². The Morgan fingerprint density at radius 3 is 2.54 bits per heavy atom. The summed E-state index contributed by atoms with van der Waals surface area (Å²) in [5.74, 6) is -0.849. The van der Waals surface area contributed by atoms with Crippen molar-refractivity contribution in [1.82, 2.24) is 0 Å². The van der Waals surface area contributed by atoms with Crippen LogP contribution in [0.15, 0.2) is 48.6 Å². The van der Waals surface area contributed by atoms with E-state index < -0.39 is 36.5 Å². The summed E-state index contributed by atoms with van der Waals surface area (Å²) in [7, 11) is 0. The van der Waals surface area contributed by atoms with Crippen LogP contribution in [0.2, 0.25) is 0 Å². The van der Waals surface area contributed by atoms with Crippen LogP contribution in [-0.4, -0.2) is 56.9 Å². The summed E-state index contributed by atoms with van der Waals surface area (Å²) >= 11 is 0. The van der Waals surface area contributed by atoms with Gasteiger partial charge in [0.25, 0.3) is 0 Å². The zero-order chi connectivity index (χ0) is 20.8. The Morgan fingerprint density at radius 2 is 1.82 bits per heavy atom. The fourth-order valence-electron chi connectivity index (χ4n) is 2.84. The molecule has 1 heterocycles. The molecule has 0 saturated carbocycles. The van der Waals surface area contributed by atoms with E-state index in [1.165, 1.54) is 0 Å². The third-order valence-corrected chi connectivity index (χ3v) is 4.42. The highest BCUT2D eigenvalue weighted by atomic mass is 16.5. The van der Waals surface area contributed by atoms with Gasteiger partial charge >= 0.3 is 5.97 Å². The van der Waals surface area contributed by atoms with Crippen molar-refractivity contribution in [2.45, 2.75) is 82.4 Å². The van der Waals surface area contributed by atoms with Crippen LogP contribution in [0.4, 0.5) is 0 Å². The first kappa shape index (κ1) is 24.3. The molecular formula is C22H34O6. The quantitative estimate of drug-likeness (QED) is 0.358. The molecule has 158 valence electrons. The standard InChI is InChI=1S/C22H34O6/c1-2-3-4-5-6-9-12-18(24)21-16-19(25)20(28-21)15-14-17(23)11-8-7-10-13-22(26)27/h3-4,6-9,14-15,17-21,23-25H,2,5,10-13,16H2,1H3,(H,26,27)/b4-3-,8-7-,9-6-,15-14+/t17-,18+,19-,20-,21+/m0/s1. The number of aliphatic hydroxyl groups is 3. The van der Waals surface area contributed by atoms with Crippen molar-refractivity contribution in [3.05, 3.63) is 48.6 Å². The average molecular weight is 395 g/mol. The molecule has 0 spiro atoms. The number of hydrogen-bond donors (Lipinski definition) is 4. The molecule has 0 aromatic rings. The maximum Gasteiger partial charge on any atom is 0.303 e. The second-order valence-electron chi connectivity index (χ2n) is 6.92. The van der Waals surface area contributed by atoms with Gasteiger partial charge in [-0.25, -0.2) is 0 Å². The van der Waals surface area contributed by atoms with Gasteiger partial charge < -0.3 is 25.2 Å². The van der Waals surface area contributed by atoms with E-state index in [-0.39, 0.29) is 6.42 Å². The van der Waals surface area contributed by atoms with Crippen LogP contribution >= 0.6 is 0 Å². The summed E-state index contributed by atoms with van der Waals surface area (Å²) in [5, 5.41) is 38.8. The van der Waals surface area contributed by atoms with Crippen molar-refractivity contribution in [2.75, 3.05) is 0 Å². The van der Waals surface area contributed by atoms with Crippen LogP contribution in [0.25, 0.3) is 0 Å². The van der Waals surface area contributed by atoms with E-state index in [4.69, 9.17) is 9.84 Å². The van der Waals surface area contributed by atoms with E-state index in [1.54, 1.807) is 24.3 Å². The maximum absolute atomic E-state index is 10.4. The molecule has 6 nitrogen and oxygen atoms in total. The van der Waals surface area contributed by atoms with Crippen LogP contribution in [0.1, 0.15) is 51.9 Å².